The molecule has 37 heavy (non-hydrogen) atoms. The Morgan fingerprint density at radius 1 is 0.838 bits per heavy atom. The van der Waals surface area contributed by atoms with Gasteiger partial charge in [0.2, 0.25) is 10.0 Å². The zero-order valence-electron chi connectivity index (χ0n) is 20.2. The van der Waals surface area contributed by atoms with Crippen molar-refractivity contribution in [2.24, 2.45) is 0 Å². The van der Waals surface area contributed by atoms with Gasteiger partial charge in [0, 0.05) is 43.8 Å². The first kappa shape index (κ1) is 26.1. The fourth-order valence-corrected chi connectivity index (χ4v) is 6.83. The number of nitrogens with zero attached hydrogens (tertiary/aromatic N) is 2. The number of sulfonamides is 1. The van der Waals surface area contributed by atoms with Crippen molar-refractivity contribution in [3.8, 4) is 0 Å². The fraction of sp³-hybridized carbons (Fsp3) is 0.172. The van der Waals surface area contributed by atoms with Crippen molar-refractivity contribution in [2.45, 2.75) is 31.0 Å². The second kappa shape index (κ2) is 10.7. The summed E-state index contributed by atoms with van der Waals surface area (Å²) < 4.78 is 32.7. The van der Waals surface area contributed by atoms with Crippen molar-refractivity contribution < 1.29 is 13.5 Å². The third-order valence-corrected chi connectivity index (χ3v) is 9.27. The largest absolute Gasteiger partial charge is 0.390 e. The highest BCUT2D eigenvalue weighted by Gasteiger charge is 2.27. The molecule has 1 heterocycles. The van der Waals surface area contributed by atoms with E-state index >= 15 is 0 Å². The predicted molar refractivity (Wildman–Crippen MR) is 156 cm³/mol. The van der Waals surface area contributed by atoms with E-state index in [-0.39, 0.29) is 24.5 Å². The third kappa shape index (κ3) is 5.54. The summed E-state index contributed by atoms with van der Waals surface area (Å²) in [5.74, 6) is 0. The number of hydrogen-bond acceptors (Lipinski definition) is 3. The molecule has 0 aliphatic heterocycles. The number of halogens is 2. The molecule has 1 atom stereocenters. The molecule has 0 fully saturated rings. The number of aliphatic hydroxyl groups excluding tert-OH is 1. The van der Waals surface area contributed by atoms with E-state index < -0.39 is 16.1 Å². The molecule has 0 saturated carbocycles. The lowest BCUT2D eigenvalue weighted by Gasteiger charge is -2.25. The van der Waals surface area contributed by atoms with E-state index in [1.54, 1.807) is 24.3 Å². The van der Waals surface area contributed by atoms with Crippen LogP contribution in [0.25, 0.3) is 21.8 Å². The predicted octanol–water partition coefficient (Wildman–Crippen LogP) is 6.88. The fourth-order valence-electron chi connectivity index (χ4n) is 4.64. The maximum Gasteiger partial charge on any atom is 0.243 e. The van der Waals surface area contributed by atoms with Gasteiger partial charge in [-0.05, 0) is 61.0 Å². The summed E-state index contributed by atoms with van der Waals surface area (Å²) in [5.41, 5.74) is 3.80. The maximum absolute atomic E-state index is 13.7. The molecular formula is C29H26Br2N2O3S. The van der Waals surface area contributed by atoms with Crippen LogP contribution in [0.3, 0.4) is 0 Å². The summed E-state index contributed by atoms with van der Waals surface area (Å²) in [6.07, 6.45) is -0.935. The van der Waals surface area contributed by atoms with Gasteiger partial charge in [-0.15, -0.1) is 0 Å². The van der Waals surface area contributed by atoms with E-state index in [2.05, 4.69) is 48.6 Å². The highest BCUT2D eigenvalue weighted by molar-refractivity contribution is 9.10. The van der Waals surface area contributed by atoms with Crippen molar-refractivity contribution in [2.75, 3.05) is 6.54 Å². The van der Waals surface area contributed by atoms with Crippen LogP contribution in [0.2, 0.25) is 0 Å². The number of aliphatic hydroxyl groups is 1. The van der Waals surface area contributed by atoms with Gasteiger partial charge in [0.05, 0.1) is 17.5 Å². The Morgan fingerprint density at radius 3 is 1.97 bits per heavy atom. The molecule has 0 radical (unpaired) electrons. The molecule has 4 aromatic carbocycles. The standard InChI is InChI=1S/C29H26Br2N2O3S/c1-20-7-11-25(12-8-20)37(35,36)32(17-21-5-3-2-4-6-21)18-24(34)19-33-28-13-9-22(30)15-26(28)27-16-23(31)10-14-29(27)33/h2-16,24,34H,17-19H2,1H3/t24-/m0/s1. The first-order valence-corrected chi connectivity index (χ1v) is 14.9. The van der Waals surface area contributed by atoms with Crippen LogP contribution in [0.4, 0.5) is 0 Å². The molecule has 0 unspecified atom stereocenters. The van der Waals surface area contributed by atoms with Gasteiger partial charge < -0.3 is 9.67 Å². The summed E-state index contributed by atoms with van der Waals surface area (Å²) in [4.78, 5) is 0.216. The van der Waals surface area contributed by atoms with E-state index in [1.165, 1.54) is 4.31 Å². The first-order valence-electron chi connectivity index (χ1n) is 11.9. The second-order valence-corrected chi connectivity index (χ2v) is 13.0. The van der Waals surface area contributed by atoms with Gasteiger partial charge in [0.15, 0.2) is 0 Å². The van der Waals surface area contributed by atoms with Crippen molar-refractivity contribution in [1.82, 2.24) is 8.87 Å². The number of rotatable bonds is 8. The smallest absolute Gasteiger partial charge is 0.243 e. The highest BCUT2D eigenvalue weighted by atomic mass is 79.9. The Morgan fingerprint density at radius 2 is 1.41 bits per heavy atom. The van der Waals surface area contributed by atoms with Gasteiger partial charge >= 0.3 is 0 Å². The molecule has 0 bridgehead atoms. The number of aryl methyl sites for hydroxylation is 1. The molecule has 8 heteroatoms. The van der Waals surface area contributed by atoms with Crippen molar-refractivity contribution >= 4 is 63.7 Å². The molecular weight excluding hydrogens is 616 g/mol. The van der Waals surface area contributed by atoms with Crippen LogP contribution in [0.15, 0.2) is 105 Å². The number of benzene rings is 4. The van der Waals surface area contributed by atoms with Crippen LogP contribution in [0.5, 0.6) is 0 Å². The van der Waals surface area contributed by atoms with Crippen LogP contribution in [-0.4, -0.2) is 35.0 Å². The molecule has 5 rings (SSSR count). The molecule has 5 aromatic rings. The second-order valence-electron chi connectivity index (χ2n) is 9.18. The van der Waals surface area contributed by atoms with E-state index in [9.17, 15) is 13.5 Å². The minimum Gasteiger partial charge on any atom is -0.390 e. The Bertz CT molecular complexity index is 1610. The highest BCUT2D eigenvalue weighted by Crippen LogP contribution is 2.33. The molecule has 0 aliphatic carbocycles. The Labute approximate surface area is 233 Å². The van der Waals surface area contributed by atoms with Gasteiger partial charge in [0.1, 0.15) is 0 Å². The van der Waals surface area contributed by atoms with E-state index in [0.717, 1.165) is 41.9 Å². The molecule has 1 N–H and O–H groups in total. The molecule has 1 aromatic heterocycles. The summed E-state index contributed by atoms with van der Waals surface area (Å²) in [6, 6.07) is 28.4. The minimum absolute atomic E-state index is 0.0423. The quantitative estimate of drug-likeness (QED) is 0.201. The van der Waals surface area contributed by atoms with Crippen LogP contribution in [-0.2, 0) is 23.1 Å². The number of fused-ring (bicyclic) bond motifs is 3. The SMILES string of the molecule is Cc1ccc(S(=O)(=O)N(Cc2ccccc2)C[C@H](O)Cn2c3ccc(Br)cc3c3cc(Br)ccc32)cc1. The van der Waals surface area contributed by atoms with E-state index in [1.807, 2.05) is 61.5 Å². The summed E-state index contributed by atoms with van der Waals surface area (Å²) in [6.45, 7) is 2.29. The zero-order valence-corrected chi connectivity index (χ0v) is 24.2. The normalized spacial score (nSPS) is 13.0. The number of hydrogen-bond donors (Lipinski definition) is 1. The van der Waals surface area contributed by atoms with E-state index in [0.29, 0.717) is 0 Å². The van der Waals surface area contributed by atoms with Crippen LogP contribution in [0.1, 0.15) is 11.1 Å². The molecule has 190 valence electrons. The lowest BCUT2D eigenvalue weighted by atomic mass is 10.2. The molecule has 0 aliphatic rings. The van der Waals surface area contributed by atoms with Crippen molar-refractivity contribution in [3.63, 3.8) is 0 Å². The van der Waals surface area contributed by atoms with Gasteiger partial charge in [-0.3, -0.25) is 0 Å². The average molecular weight is 642 g/mol. The Kier molecular flexibility index (Phi) is 7.56. The lowest BCUT2D eigenvalue weighted by molar-refractivity contribution is 0.128. The topological polar surface area (TPSA) is 62.5 Å². The van der Waals surface area contributed by atoms with Gasteiger partial charge in [0.25, 0.3) is 0 Å². The summed E-state index contributed by atoms with van der Waals surface area (Å²) in [5, 5.41) is 13.4. The Balaban J connectivity index is 1.50. The zero-order chi connectivity index (χ0) is 26.2. The van der Waals surface area contributed by atoms with Crippen LogP contribution >= 0.6 is 31.9 Å². The van der Waals surface area contributed by atoms with Gasteiger partial charge in [-0.1, -0.05) is 79.9 Å². The average Bonchev–Trinajstić information content (AvgIpc) is 3.16. The number of aromatic nitrogens is 1. The van der Waals surface area contributed by atoms with Crippen molar-refractivity contribution in [3.05, 3.63) is 111 Å². The third-order valence-electron chi connectivity index (χ3n) is 6.46. The molecule has 0 saturated heterocycles. The Hall–Kier alpha value is -2.49. The summed E-state index contributed by atoms with van der Waals surface area (Å²) in [7, 11) is -3.83. The molecule has 5 nitrogen and oxygen atoms in total. The summed E-state index contributed by atoms with van der Waals surface area (Å²) >= 11 is 7.13. The van der Waals surface area contributed by atoms with Crippen molar-refractivity contribution in [1.29, 1.82) is 0 Å². The first-order chi connectivity index (χ1) is 17.7. The van der Waals surface area contributed by atoms with Gasteiger partial charge in [-0.2, -0.15) is 4.31 Å². The van der Waals surface area contributed by atoms with E-state index in [4.69, 9.17) is 0 Å². The molecule has 0 amide bonds. The van der Waals surface area contributed by atoms with Gasteiger partial charge in [-0.25, -0.2) is 8.42 Å². The monoisotopic (exact) mass is 640 g/mol. The molecule has 0 spiro atoms. The van der Waals surface area contributed by atoms with Crippen LogP contribution < -0.4 is 0 Å². The minimum atomic E-state index is -3.83. The lowest BCUT2D eigenvalue weighted by Crippen LogP contribution is -2.38. The maximum atomic E-state index is 13.7. The van der Waals surface area contributed by atoms with Crippen LogP contribution in [0, 0.1) is 6.92 Å².